The summed E-state index contributed by atoms with van der Waals surface area (Å²) in [4.78, 5) is 10.5. The van der Waals surface area contributed by atoms with Crippen LogP contribution in [-0.4, -0.2) is 18.2 Å². The van der Waals surface area contributed by atoms with E-state index >= 15 is 0 Å². The van der Waals surface area contributed by atoms with Gasteiger partial charge in [-0.1, -0.05) is 58.6 Å². The van der Waals surface area contributed by atoms with Crippen LogP contribution in [0.5, 0.6) is 5.75 Å². The highest BCUT2D eigenvalue weighted by Crippen LogP contribution is 2.39. The average Bonchev–Trinajstić information content (AvgIpc) is 2.54. The van der Waals surface area contributed by atoms with Crippen molar-refractivity contribution in [3.05, 3.63) is 68.0 Å². The Labute approximate surface area is 160 Å². The molecule has 0 saturated carbocycles. The van der Waals surface area contributed by atoms with E-state index in [0.29, 0.717) is 21.9 Å². The van der Waals surface area contributed by atoms with Crippen molar-refractivity contribution in [1.29, 1.82) is 0 Å². The summed E-state index contributed by atoms with van der Waals surface area (Å²) in [5.74, 6) is -1.48. The van der Waals surface area contributed by atoms with Crippen LogP contribution in [0, 0.1) is 0 Å². The van der Waals surface area contributed by atoms with Crippen LogP contribution < -0.4 is 4.74 Å². The lowest BCUT2D eigenvalue weighted by Gasteiger charge is -2.09. The molecule has 0 spiro atoms. The highest BCUT2D eigenvalue weighted by atomic mass is 35.5. The summed E-state index contributed by atoms with van der Waals surface area (Å²) in [5, 5.41) is 9.44. The molecular weight excluding hydrogens is 390 g/mol. The normalized spacial score (nSPS) is 13.5. The quantitative estimate of drug-likeness (QED) is 0.334. The Morgan fingerprint density at radius 3 is 2.40 bits per heavy atom. The van der Waals surface area contributed by atoms with E-state index in [1.807, 2.05) is 0 Å². The predicted octanol–water partition coefficient (Wildman–Crippen LogP) is 6.50. The second-order valence-electron chi connectivity index (χ2n) is 5.03. The van der Waals surface area contributed by atoms with Crippen molar-refractivity contribution < 1.29 is 19.0 Å². The van der Waals surface area contributed by atoms with Crippen LogP contribution in [0.15, 0.2) is 47.3 Å². The number of hydrogen-bond donors (Lipinski definition) is 1. The van der Waals surface area contributed by atoms with Crippen molar-refractivity contribution >= 4 is 46.8 Å². The third-order valence-electron chi connectivity index (χ3n) is 3.10. The van der Waals surface area contributed by atoms with Gasteiger partial charge in [-0.25, -0.2) is 9.18 Å². The summed E-state index contributed by atoms with van der Waals surface area (Å²) >= 11 is 18.4. The van der Waals surface area contributed by atoms with Crippen molar-refractivity contribution in [3.8, 4) is 5.75 Å². The molecule has 0 aliphatic rings. The standard InChI is InChI=1S/C18H16Cl3FO3/c1-10(5-7-14(22)11(2)8-16(23)24)4-6-12-13(19)9-15(25-3)18(21)17(12)20/h4-9H,1-3H3,(H,23,24). The Morgan fingerprint density at radius 2 is 1.84 bits per heavy atom. The van der Waals surface area contributed by atoms with Crippen LogP contribution in [0.4, 0.5) is 4.39 Å². The van der Waals surface area contributed by atoms with Gasteiger partial charge in [0.2, 0.25) is 0 Å². The molecule has 1 N–H and O–H groups in total. The Bertz CT molecular complexity index is 793. The summed E-state index contributed by atoms with van der Waals surface area (Å²) in [6.45, 7) is 3.11. The molecule has 0 atom stereocenters. The minimum Gasteiger partial charge on any atom is -0.495 e. The molecule has 0 aromatic heterocycles. The lowest BCUT2D eigenvalue weighted by atomic mass is 10.1. The van der Waals surface area contributed by atoms with Crippen LogP contribution in [0.3, 0.4) is 0 Å². The number of benzene rings is 1. The van der Waals surface area contributed by atoms with Gasteiger partial charge in [-0.3, -0.25) is 0 Å². The number of hydrogen-bond acceptors (Lipinski definition) is 2. The molecular formula is C18H16Cl3FO3. The molecule has 0 radical (unpaired) electrons. The number of rotatable bonds is 6. The molecule has 3 nitrogen and oxygen atoms in total. The molecule has 0 fully saturated rings. The van der Waals surface area contributed by atoms with Gasteiger partial charge in [0.1, 0.15) is 16.6 Å². The van der Waals surface area contributed by atoms with Gasteiger partial charge in [-0.05, 0) is 25.5 Å². The Morgan fingerprint density at radius 1 is 1.20 bits per heavy atom. The zero-order chi connectivity index (χ0) is 19.1. The van der Waals surface area contributed by atoms with E-state index in [-0.39, 0.29) is 15.6 Å². The molecule has 0 saturated heterocycles. The molecule has 0 bridgehead atoms. The molecule has 1 aromatic carbocycles. The molecule has 25 heavy (non-hydrogen) atoms. The highest BCUT2D eigenvalue weighted by molar-refractivity contribution is 6.45. The lowest BCUT2D eigenvalue weighted by molar-refractivity contribution is -0.131. The van der Waals surface area contributed by atoms with E-state index in [1.165, 1.54) is 26.2 Å². The summed E-state index contributed by atoms with van der Waals surface area (Å²) < 4.78 is 18.8. The number of ether oxygens (including phenoxy) is 1. The molecule has 0 amide bonds. The molecule has 134 valence electrons. The first-order chi connectivity index (χ1) is 11.7. The maximum atomic E-state index is 13.7. The van der Waals surface area contributed by atoms with Crippen molar-refractivity contribution in [2.45, 2.75) is 13.8 Å². The highest BCUT2D eigenvalue weighted by Gasteiger charge is 2.13. The van der Waals surface area contributed by atoms with Gasteiger partial charge >= 0.3 is 5.97 Å². The van der Waals surface area contributed by atoms with E-state index < -0.39 is 11.8 Å². The smallest absolute Gasteiger partial charge is 0.328 e. The summed E-state index contributed by atoms with van der Waals surface area (Å²) in [7, 11) is 1.46. The third kappa shape index (κ3) is 6.24. The average molecular weight is 406 g/mol. The number of carboxylic acids is 1. The Hall–Kier alpha value is -1.75. The molecule has 0 aliphatic heterocycles. The monoisotopic (exact) mass is 404 g/mol. The lowest BCUT2D eigenvalue weighted by Crippen LogP contribution is -1.90. The topological polar surface area (TPSA) is 46.5 Å². The number of carboxylic acid groups (broad SMARTS) is 1. The second kappa shape index (κ2) is 9.66. The maximum Gasteiger partial charge on any atom is 0.328 e. The van der Waals surface area contributed by atoms with Gasteiger partial charge < -0.3 is 9.84 Å². The molecule has 0 heterocycles. The van der Waals surface area contributed by atoms with Crippen molar-refractivity contribution in [2.24, 2.45) is 0 Å². The van der Waals surface area contributed by atoms with Crippen LogP contribution in [0.1, 0.15) is 19.4 Å². The van der Waals surface area contributed by atoms with E-state index in [1.54, 1.807) is 25.1 Å². The van der Waals surface area contributed by atoms with Gasteiger partial charge in [-0.15, -0.1) is 0 Å². The van der Waals surface area contributed by atoms with Crippen molar-refractivity contribution in [3.63, 3.8) is 0 Å². The molecule has 1 aromatic rings. The zero-order valence-corrected chi connectivity index (χ0v) is 16.0. The molecule has 1 rings (SSSR count). The maximum absolute atomic E-state index is 13.7. The first-order valence-corrected chi connectivity index (χ1v) is 8.16. The van der Waals surface area contributed by atoms with Crippen molar-refractivity contribution in [1.82, 2.24) is 0 Å². The number of aliphatic carboxylic acids is 1. The summed E-state index contributed by atoms with van der Waals surface area (Å²) in [5.41, 5.74) is 1.22. The third-order valence-corrected chi connectivity index (χ3v) is 4.28. The van der Waals surface area contributed by atoms with Gasteiger partial charge in [0.15, 0.2) is 0 Å². The van der Waals surface area contributed by atoms with Crippen LogP contribution in [0.25, 0.3) is 6.08 Å². The van der Waals surface area contributed by atoms with Gasteiger partial charge in [0, 0.05) is 17.7 Å². The largest absolute Gasteiger partial charge is 0.495 e. The Balaban J connectivity index is 3.06. The first-order valence-electron chi connectivity index (χ1n) is 7.02. The zero-order valence-electron chi connectivity index (χ0n) is 13.7. The molecule has 0 unspecified atom stereocenters. The SMILES string of the molecule is COc1cc(Cl)c(C=CC(C)=CC=C(F)C(C)=CC(=O)O)c(Cl)c1Cl. The van der Waals surface area contributed by atoms with E-state index in [4.69, 9.17) is 44.6 Å². The van der Waals surface area contributed by atoms with E-state index in [0.717, 1.165) is 6.08 Å². The van der Waals surface area contributed by atoms with Crippen LogP contribution in [-0.2, 0) is 4.79 Å². The van der Waals surface area contributed by atoms with E-state index in [2.05, 4.69) is 0 Å². The second-order valence-corrected chi connectivity index (χ2v) is 6.19. The molecule has 7 heteroatoms. The summed E-state index contributed by atoms with van der Waals surface area (Å²) in [6.07, 6.45) is 6.80. The van der Waals surface area contributed by atoms with Gasteiger partial charge in [-0.2, -0.15) is 0 Å². The van der Waals surface area contributed by atoms with Crippen molar-refractivity contribution in [2.75, 3.05) is 7.11 Å². The number of carbonyl (C=O) groups is 1. The first kappa shape index (κ1) is 21.3. The van der Waals surface area contributed by atoms with Gasteiger partial charge in [0.05, 0.1) is 17.2 Å². The Kier molecular flexibility index (Phi) is 8.23. The van der Waals surface area contributed by atoms with Crippen LogP contribution >= 0.6 is 34.8 Å². The van der Waals surface area contributed by atoms with Gasteiger partial charge in [0.25, 0.3) is 0 Å². The van der Waals surface area contributed by atoms with E-state index in [9.17, 15) is 9.18 Å². The van der Waals surface area contributed by atoms with Crippen LogP contribution in [0.2, 0.25) is 15.1 Å². The molecule has 0 aliphatic carbocycles. The number of allylic oxidation sites excluding steroid dienone is 6. The minimum absolute atomic E-state index is 0.0218. The summed E-state index contributed by atoms with van der Waals surface area (Å²) in [6, 6.07) is 1.55. The number of methoxy groups -OCH3 is 1. The number of halogens is 4. The fraction of sp³-hybridized carbons (Fsp3) is 0.167. The fourth-order valence-electron chi connectivity index (χ4n) is 1.75. The fourth-order valence-corrected chi connectivity index (χ4v) is 2.55. The predicted molar refractivity (Wildman–Crippen MR) is 101 cm³/mol. The minimum atomic E-state index is -1.21.